The molecule has 1 amide bonds. The Kier molecular flexibility index (Phi) is 4.18. The lowest BCUT2D eigenvalue weighted by atomic mass is 9.90. The Morgan fingerprint density at radius 2 is 2.00 bits per heavy atom. The maximum Gasteiger partial charge on any atom is 0.242 e. The van der Waals surface area contributed by atoms with Crippen molar-refractivity contribution in [2.45, 2.75) is 25.3 Å². The number of carbonyl (C=O) groups is 1. The molecule has 3 N–H and O–H groups in total. The third-order valence-electron chi connectivity index (χ3n) is 3.89. The molecule has 1 atom stereocenters. The van der Waals surface area contributed by atoms with Gasteiger partial charge in [0.15, 0.2) is 11.5 Å². The molecule has 1 aliphatic rings. The summed E-state index contributed by atoms with van der Waals surface area (Å²) < 4.78 is 10.5. The van der Waals surface area contributed by atoms with E-state index in [1.807, 2.05) is 6.07 Å². The molecule has 1 fully saturated rings. The highest BCUT2D eigenvalue weighted by Crippen LogP contribution is 2.34. The smallest absolute Gasteiger partial charge is 0.242 e. The average Bonchev–Trinajstić information content (AvgIpc) is 3.27. The van der Waals surface area contributed by atoms with E-state index in [2.05, 4.69) is 5.32 Å². The van der Waals surface area contributed by atoms with Crippen molar-refractivity contribution >= 4 is 5.91 Å². The van der Waals surface area contributed by atoms with Gasteiger partial charge in [0.05, 0.1) is 14.2 Å². The summed E-state index contributed by atoms with van der Waals surface area (Å²) in [5.41, 5.74) is 5.48. The first kappa shape index (κ1) is 14.7. The largest absolute Gasteiger partial charge is 0.493 e. The van der Waals surface area contributed by atoms with E-state index in [9.17, 15) is 4.79 Å². The number of carbonyl (C=O) groups excluding carboxylic acids is 1. The van der Waals surface area contributed by atoms with E-state index in [1.165, 1.54) is 12.8 Å². The summed E-state index contributed by atoms with van der Waals surface area (Å²) in [5, 5.41) is 3.29. The summed E-state index contributed by atoms with van der Waals surface area (Å²) in [5.74, 6) is 1.48. The molecule has 0 spiro atoms. The van der Waals surface area contributed by atoms with Crippen LogP contribution in [0.25, 0.3) is 0 Å². The van der Waals surface area contributed by atoms with Crippen molar-refractivity contribution in [2.24, 2.45) is 11.7 Å². The molecular weight excluding hydrogens is 256 g/mol. The predicted octanol–water partition coefficient (Wildman–Crippen LogP) is 1.40. The number of hydrogen-bond acceptors (Lipinski definition) is 4. The summed E-state index contributed by atoms with van der Waals surface area (Å²) in [6.07, 6.45) is 2.43. The Labute approximate surface area is 119 Å². The summed E-state index contributed by atoms with van der Waals surface area (Å²) >= 11 is 0. The Bertz CT molecular complexity index is 500. The molecule has 2 rings (SSSR count). The maximum atomic E-state index is 11.9. The van der Waals surface area contributed by atoms with Gasteiger partial charge in [0, 0.05) is 0 Å². The third kappa shape index (κ3) is 2.88. The molecule has 1 saturated carbocycles. The van der Waals surface area contributed by atoms with Crippen LogP contribution in [0.3, 0.4) is 0 Å². The molecule has 0 heterocycles. The van der Waals surface area contributed by atoms with Crippen LogP contribution in [0.1, 0.15) is 25.3 Å². The number of rotatable bonds is 7. The Balaban J connectivity index is 2.29. The number of benzene rings is 1. The number of hydrogen-bond donors (Lipinski definition) is 2. The lowest BCUT2D eigenvalue weighted by Gasteiger charge is -2.29. The van der Waals surface area contributed by atoms with Crippen molar-refractivity contribution < 1.29 is 14.3 Å². The van der Waals surface area contributed by atoms with Gasteiger partial charge in [-0.2, -0.15) is 0 Å². The molecule has 20 heavy (non-hydrogen) atoms. The molecule has 1 aliphatic carbocycles. The highest BCUT2D eigenvalue weighted by Gasteiger charge is 2.35. The normalized spacial score (nSPS) is 17.4. The van der Waals surface area contributed by atoms with Crippen LogP contribution in [0, 0.1) is 5.92 Å². The quantitative estimate of drug-likeness (QED) is 0.791. The van der Waals surface area contributed by atoms with Crippen LogP contribution in [0.15, 0.2) is 18.2 Å². The lowest BCUT2D eigenvalue weighted by molar-refractivity contribution is -0.124. The first-order chi connectivity index (χ1) is 9.51. The van der Waals surface area contributed by atoms with Gasteiger partial charge in [-0.25, -0.2) is 0 Å². The zero-order valence-corrected chi connectivity index (χ0v) is 12.2. The van der Waals surface area contributed by atoms with E-state index in [1.54, 1.807) is 33.3 Å². The van der Waals surface area contributed by atoms with Gasteiger partial charge in [-0.15, -0.1) is 0 Å². The maximum absolute atomic E-state index is 11.9. The predicted molar refractivity (Wildman–Crippen MR) is 76.8 cm³/mol. The minimum absolute atomic E-state index is 0.398. The fourth-order valence-corrected chi connectivity index (χ4v) is 2.15. The van der Waals surface area contributed by atoms with Gasteiger partial charge in [0.25, 0.3) is 0 Å². The minimum Gasteiger partial charge on any atom is -0.493 e. The molecule has 1 unspecified atom stereocenters. The molecule has 0 aliphatic heterocycles. The molecule has 0 bridgehead atoms. The van der Waals surface area contributed by atoms with E-state index in [0.717, 1.165) is 12.1 Å². The number of methoxy groups -OCH3 is 2. The monoisotopic (exact) mass is 278 g/mol. The molecule has 1 aromatic carbocycles. The topological polar surface area (TPSA) is 73.6 Å². The van der Waals surface area contributed by atoms with E-state index < -0.39 is 11.4 Å². The van der Waals surface area contributed by atoms with Crippen molar-refractivity contribution in [3.05, 3.63) is 23.8 Å². The van der Waals surface area contributed by atoms with Gasteiger partial charge in [0.2, 0.25) is 5.91 Å². The van der Waals surface area contributed by atoms with Gasteiger partial charge < -0.3 is 15.2 Å². The van der Waals surface area contributed by atoms with Crippen molar-refractivity contribution in [2.75, 3.05) is 20.8 Å². The first-order valence-electron chi connectivity index (χ1n) is 6.78. The van der Waals surface area contributed by atoms with Crippen LogP contribution >= 0.6 is 0 Å². The number of amides is 1. The minimum atomic E-state index is -0.901. The van der Waals surface area contributed by atoms with E-state index >= 15 is 0 Å². The summed E-state index contributed by atoms with van der Waals surface area (Å²) in [7, 11) is 3.15. The highest BCUT2D eigenvalue weighted by atomic mass is 16.5. The molecule has 0 saturated heterocycles. The second-order valence-corrected chi connectivity index (χ2v) is 5.38. The molecule has 5 nitrogen and oxygen atoms in total. The summed E-state index contributed by atoms with van der Waals surface area (Å²) in [6.45, 7) is 2.60. The fourth-order valence-electron chi connectivity index (χ4n) is 2.15. The van der Waals surface area contributed by atoms with Gasteiger partial charge in [0.1, 0.15) is 5.54 Å². The van der Waals surface area contributed by atoms with Crippen molar-refractivity contribution in [3.63, 3.8) is 0 Å². The molecule has 5 heteroatoms. The van der Waals surface area contributed by atoms with Gasteiger partial charge in [-0.05, 0) is 49.9 Å². The van der Waals surface area contributed by atoms with Gasteiger partial charge in [-0.1, -0.05) is 6.07 Å². The molecular formula is C15H22N2O3. The third-order valence-corrected chi connectivity index (χ3v) is 3.89. The van der Waals surface area contributed by atoms with Crippen LogP contribution in [0.5, 0.6) is 11.5 Å². The van der Waals surface area contributed by atoms with Gasteiger partial charge >= 0.3 is 0 Å². The van der Waals surface area contributed by atoms with Crippen molar-refractivity contribution in [1.82, 2.24) is 5.32 Å². The summed E-state index contributed by atoms with van der Waals surface area (Å²) in [4.78, 5) is 11.9. The molecule has 1 aromatic rings. The fraction of sp³-hybridized carbons (Fsp3) is 0.533. The number of primary amides is 1. The first-order valence-corrected chi connectivity index (χ1v) is 6.78. The zero-order valence-electron chi connectivity index (χ0n) is 12.2. The Morgan fingerprint density at radius 1 is 1.35 bits per heavy atom. The van der Waals surface area contributed by atoms with E-state index in [0.29, 0.717) is 17.4 Å². The lowest BCUT2D eigenvalue weighted by Crippen LogP contribution is -2.51. The van der Waals surface area contributed by atoms with Crippen LogP contribution in [0.2, 0.25) is 0 Å². The van der Waals surface area contributed by atoms with Gasteiger partial charge in [-0.3, -0.25) is 10.1 Å². The van der Waals surface area contributed by atoms with Crippen LogP contribution < -0.4 is 20.5 Å². The number of nitrogens with two attached hydrogens (primary N) is 1. The standard InChI is InChI=1S/C15H22N2O3/c1-15(14(16)18,17-9-10-4-5-10)11-6-7-12(19-2)13(8-11)20-3/h6-8,10,17H,4-5,9H2,1-3H3,(H2,16,18). The van der Waals surface area contributed by atoms with Crippen molar-refractivity contribution in [3.8, 4) is 11.5 Å². The zero-order chi connectivity index (χ0) is 14.8. The van der Waals surface area contributed by atoms with Crippen LogP contribution in [-0.2, 0) is 10.3 Å². The van der Waals surface area contributed by atoms with E-state index in [4.69, 9.17) is 15.2 Å². The SMILES string of the molecule is COc1ccc(C(C)(NCC2CC2)C(N)=O)cc1OC. The molecule has 110 valence electrons. The Morgan fingerprint density at radius 3 is 2.50 bits per heavy atom. The molecule has 0 aromatic heterocycles. The highest BCUT2D eigenvalue weighted by molar-refractivity contribution is 5.86. The second kappa shape index (κ2) is 5.71. The van der Waals surface area contributed by atoms with E-state index in [-0.39, 0.29) is 0 Å². The van der Waals surface area contributed by atoms with Crippen molar-refractivity contribution in [1.29, 1.82) is 0 Å². The Hall–Kier alpha value is -1.75. The number of ether oxygens (including phenoxy) is 2. The van der Waals surface area contributed by atoms with Crippen LogP contribution in [-0.4, -0.2) is 26.7 Å². The molecule has 0 radical (unpaired) electrons. The summed E-state index contributed by atoms with van der Waals surface area (Å²) in [6, 6.07) is 5.42. The second-order valence-electron chi connectivity index (χ2n) is 5.38. The number of nitrogens with one attached hydrogen (secondary N) is 1. The average molecular weight is 278 g/mol. The van der Waals surface area contributed by atoms with Crippen LogP contribution in [0.4, 0.5) is 0 Å².